The lowest BCUT2D eigenvalue weighted by molar-refractivity contribution is -0.118. The summed E-state index contributed by atoms with van der Waals surface area (Å²) in [5.41, 5.74) is 3.81. The monoisotopic (exact) mass is 387 g/mol. The Morgan fingerprint density at radius 3 is 2.74 bits per heavy atom. The van der Waals surface area contributed by atoms with Crippen molar-refractivity contribution in [1.29, 1.82) is 0 Å². The summed E-state index contributed by atoms with van der Waals surface area (Å²) < 4.78 is 10.5. The first-order valence-electron chi connectivity index (χ1n) is 9.11. The molecule has 1 aliphatic rings. The number of methoxy groups -OCH3 is 1. The average molecular weight is 388 g/mol. The fourth-order valence-electron chi connectivity index (χ4n) is 3.27. The molecule has 1 unspecified atom stereocenters. The molecule has 0 saturated carbocycles. The number of benzene rings is 1. The Morgan fingerprint density at radius 1 is 1.26 bits per heavy atom. The standard InChI is InChI=1S/C21H25NO4S/c1-12-5-8-16-17(9-12)27-20(19(16)21(24)25-4)22-18(23)11-26-15-7-6-13(2)14(3)10-15/h6-7,10,12H,5,8-9,11H2,1-4H3,(H,22,23). The summed E-state index contributed by atoms with van der Waals surface area (Å²) in [6.45, 7) is 6.12. The normalized spacial score (nSPS) is 15.8. The molecule has 0 bridgehead atoms. The number of carbonyl (C=O) groups is 2. The van der Waals surface area contributed by atoms with E-state index in [0.717, 1.165) is 30.4 Å². The van der Waals surface area contributed by atoms with Crippen LogP contribution in [-0.4, -0.2) is 25.6 Å². The molecule has 0 spiro atoms. The molecule has 3 rings (SSSR count). The largest absolute Gasteiger partial charge is 0.484 e. The molecule has 0 aliphatic heterocycles. The predicted octanol–water partition coefficient (Wildman–Crippen LogP) is 4.29. The summed E-state index contributed by atoms with van der Waals surface area (Å²) in [5.74, 6) is 0.552. The number of rotatable bonds is 5. The van der Waals surface area contributed by atoms with Gasteiger partial charge in [0.15, 0.2) is 6.61 Å². The molecule has 5 nitrogen and oxygen atoms in total. The van der Waals surface area contributed by atoms with Crippen LogP contribution in [0.3, 0.4) is 0 Å². The molecule has 1 N–H and O–H groups in total. The quantitative estimate of drug-likeness (QED) is 0.777. The van der Waals surface area contributed by atoms with Crippen LogP contribution in [0, 0.1) is 19.8 Å². The molecule has 1 atom stereocenters. The Morgan fingerprint density at radius 2 is 2.04 bits per heavy atom. The van der Waals surface area contributed by atoms with Gasteiger partial charge in [-0.3, -0.25) is 4.79 Å². The fourth-order valence-corrected chi connectivity index (χ4v) is 4.69. The van der Waals surface area contributed by atoms with Crippen LogP contribution in [0.25, 0.3) is 0 Å². The third kappa shape index (κ3) is 4.33. The maximum absolute atomic E-state index is 12.4. The highest BCUT2D eigenvalue weighted by molar-refractivity contribution is 7.17. The molecular formula is C21H25NO4S. The van der Waals surface area contributed by atoms with Gasteiger partial charge in [0, 0.05) is 4.88 Å². The van der Waals surface area contributed by atoms with Crippen molar-refractivity contribution in [2.24, 2.45) is 5.92 Å². The Labute approximate surface area is 163 Å². The van der Waals surface area contributed by atoms with Gasteiger partial charge in [-0.2, -0.15) is 0 Å². The van der Waals surface area contributed by atoms with Crippen LogP contribution in [0.5, 0.6) is 5.75 Å². The van der Waals surface area contributed by atoms with Crippen molar-refractivity contribution < 1.29 is 19.1 Å². The van der Waals surface area contributed by atoms with E-state index in [2.05, 4.69) is 12.2 Å². The minimum atomic E-state index is -0.396. The van der Waals surface area contributed by atoms with Crippen molar-refractivity contribution in [3.05, 3.63) is 45.3 Å². The van der Waals surface area contributed by atoms with E-state index in [1.807, 2.05) is 32.0 Å². The smallest absolute Gasteiger partial charge is 0.341 e. The third-order valence-corrected chi connectivity index (χ3v) is 6.17. The molecule has 1 aromatic carbocycles. The van der Waals surface area contributed by atoms with Gasteiger partial charge in [0.2, 0.25) is 0 Å². The van der Waals surface area contributed by atoms with Crippen LogP contribution in [0.1, 0.15) is 45.3 Å². The summed E-state index contributed by atoms with van der Waals surface area (Å²) in [7, 11) is 1.37. The van der Waals surface area contributed by atoms with Crippen LogP contribution in [0.4, 0.5) is 5.00 Å². The van der Waals surface area contributed by atoms with E-state index in [-0.39, 0.29) is 12.5 Å². The lowest BCUT2D eigenvalue weighted by Gasteiger charge is -2.18. The van der Waals surface area contributed by atoms with Gasteiger partial charge in [0.1, 0.15) is 10.8 Å². The maximum Gasteiger partial charge on any atom is 0.341 e. The highest BCUT2D eigenvalue weighted by atomic mass is 32.1. The second kappa shape index (κ2) is 8.13. The Hall–Kier alpha value is -2.34. The van der Waals surface area contributed by atoms with Gasteiger partial charge in [-0.15, -0.1) is 11.3 Å². The molecule has 27 heavy (non-hydrogen) atoms. The zero-order valence-corrected chi connectivity index (χ0v) is 17.0. The zero-order chi connectivity index (χ0) is 19.6. The van der Waals surface area contributed by atoms with E-state index in [4.69, 9.17) is 9.47 Å². The number of amides is 1. The minimum Gasteiger partial charge on any atom is -0.484 e. The van der Waals surface area contributed by atoms with Crippen LogP contribution >= 0.6 is 11.3 Å². The van der Waals surface area contributed by atoms with Gasteiger partial charge in [-0.1, -0.05) is 13.0 Å². The zero-order valence-electron chi connectivity index (χ0n) is 16.2. The van der Waals surface area contributed by atoms with Crippen LogP contribution < -0.4 is 10.1 Å². The van der Waals surface area contributed by atoms with Crippen LogP contribution in [0.2, 0.25) is 0 Å². The molecule has 0 radical (unpaired) electrons. The van der Waals surface area contributed by atoms with Crippen molar-refractivity contribution in [3.63, 3.8) is 0 Å². The first kappa shape index (κ1) is 19.4. The van der Waals surface area contributed by atoms with E-state index in [0.29, 0.717) is 22.2 Å². The SMILES string of the molecule is COC(=O)c1c(NC(=O)COc2ccc(C)c(C)c2)sc2c1CCC(C)C2. The number of fused-ring (bicyclic) bond motifs is 1. The number of hydrogen-bond donors (Lipinski definition) is 1. The van der Waals surface area contributed by atoms with E-state index in [1.54, 1.807) is 0 Å². The summed E-state index contributed by atoms with van der Waals surface area (Å²) in [5, 5.41) is 3.41. The lowest BCUT2D eigenvalue weighted by atomic mass is 9.88. The lowest BCUT2D eigenvalue weighted by Crippen LogP contribution is -2.21. The van der Waals surface area contributed by atoms with Crippen molar-refractivity contribution >= 4 is 28.2 Å². The van der Waals surface area contributed by atoms with Gasteiger partial charge in [0.05, 0.1) is 12.7 Å². The number of esters is 1. The van der Waals surface area contributed by atoms with Gasteiger partial charge in [-0.25, -0.2) is 4.79 Å². The fraction of sp³-hybridized carbons (Fsp3) is 0.429. The number of carbonyl (C=O) groups excluding carboxylic acids is 2. The topological polar surface area (TPSA) is 64.6 Å². The Bertz CT molecular complexity index is 871. The van der Waals surface area contributed by atoms with Crippen molar-refractivity contribution in [1.82, 2.24) is 0 Å². The highest BCUT2D eigenvalue weighted by Gasteiger charge is 2.28. The van der Waals surface area contributed by atoms with Gasteiger partial charge >= 0.3 is 5.97 Å². The van der Waals surface area contributed by atoms with Crippen molar-refractivity contribution in [2.45, 2.75) is 40.0 Å². The highest BCUT2D eigenvalue weighted by Crippen LogP contribution is 2.40. The second-order valence-corrected chi connectivity index (χ2v) is 8.24. The molecule has 1 amide bonds. The van der Waals surface area contributed by atoms with E-state index in [1.165, 1.54) is 28.9 Å². The summed E-state index contributed by atoms with van der Waals surface area (Å²) >= 11 is 1.48. The summed E-state index contributed by atoms with van der Waals surface area (Å²) in [6.07, 6.45) is 2.81. The van der Waals surface area contributed by atoms with E-state index in [9.17, 15) is 9.59 Å². The van der Waals surface area contributed by atoms with Gasteiger partial charge < -0.3 is 14.8 Å². The first-order valence-corrected chi connectivity index (χ1v) is 9.93. The summed E-state index contributed by atoms with van der Waals surface area (Å²) in [6, 6.07) is 5.72. The number of thiophene rings is 1. The van der Waals surface area contributed by atoms with E-state index >= 15 is 0 Å². The predicted molar refractivity (Wildman–Crippen MR) is 107 cm³/mol. The number of ether oxygens (including phenoxy) is 2. The third-order valence-electron chi connectivity index (χ3n) is 5.00. The number of hydrogen-bond acceptors (Lipinski definition) is 5. The molecule has 6 heteroatoms. The van der Waals surface area contributed by atoms with Crippen LogP contribution in [0.15, 0.2) is 18.2 Å². The molecule has 0 fully saturated rings. The second-order valence-electron chi connectivity index (χ2n) is 7.13. The van der Waals surface area contributed by atoms with Crippen molar-refractivity contribution in [2.75, 3.05) is 19.0 Å². The Balaban J connectivity index is 1.73. The number of nitrogens with one attached hydrogen (secondary N) is 1. The molecule has 1 aliphatic carbocycles. The summed E-state index contributed by atoms with van der Waals surface area (Å²) in [4.78, 5) is 25.8. The molecular weight excluding hydrogens is 362 g/mol. The Kier molecular flexibility index (Phi) is 5.85. The first-order chi connectivity index (χ1) is 12.9. The van der Waals surface area contributed by atoms with E-state index < -0.39 is 5.97 Å². The van der Waals surface area contributed by atoms with Crippen molar-refractivity contribution in [3.8, 4) is 5.75 Å². The molecule has 1 aromatic heterocycles. The number of anilines is 1. The maximum atomic E-state index is 12.4. The van der Waals surface area contributed by atoms with Crippen LogP contribution in [-0.2, 0) is 22.4 Å². The molecule has 0 saturated heterocycles. The van der Waals surface area contributed by atoms with Gasteiger partial charge in [-0.05, 0) is 67.9 Å². The average Bonchev–Trinajstić information content (AvgIpc) is 2.98. The number of aryl methyl sites for hydroxylation is 2. The molecule has 2 aromatic rings. The molecule has 144 valence electrons. The molecule has 1 heterocycles. The minimum absolute atomic E-state index is 0.109. The van der Waals surface area contributed by atoms with Gasteiger partial charge in [0.25, 0.3) is 5.91 Å².